The van der Waals surface area contributed by atoms with Gasteiger partial charge in [0.25, 0.3) is 0 Å². The van der Waals surface area contributed by atoms with Gasteiger partial charge >= 0.3 is 0 Å². The van der Waals surface area contributed by atoms with Crippen LogP contribution in [-0.2, 0) is 24.2 Å². The van der Waals surface area contributed by atoms with Crippen LogP contribution in [0.25, 0.3) is 10.4 Å². The van der Waals surface area contributed by atoms with Crippen LogP contribution in [-0.4, -0.2) is 6.54 Å². The van der Waals surface area contributed by atoms with Crippen LogP contribution in [0.1, 0.15) is 28.4 Å². The van der Waals surface area contributed by atoms with E-state index >= 15 is 0 Å². The topological polar surface area (TPSA) is 58.0 Å². The Morgan fingerprint density at radius 3 is 2.07 bits per heavy atom. The summed E-state index contributed by atoms with van der Waals surface area (Å²) in [5, 5.41) is 3.61. The highest BCUT2D eigenvalue weighted by molar-refractivity contribution is 5.24. The number of halogens is 1. The third-order valence-electron chi connectivity index (χ3n) is 4.57. The standard InChI is InChI=1S/C23H22FN3O/c24-22-14-12-21(13-15-22)23(16-26-27-25)28-17-20-10-8-19(9-11-20)7-6-18-4-2-1-3-5-18/h1-5,8-15,23H,6-7,16-17H2. The lowest BCUT2D eigenvalue weighted by Gasteiger charge is -2.16. The number of hydrogen-bond donors (Lipinski definition) is 0. The predicted octanol–water partition coefficient (Wildman–Crippen LogP) is 6.18. The third-order valence-corrected chi connectivity index (χ3v) is 4.57. The lowest BCUT2D eigenvalue weighted by Crippen LogP contribution is -2.08. The van der Waals surface area contributed by atoms with E-state index in [0.29, 0.717) is 6.61 Å². The maximum Gasteiger partial charge on any atom is 0.123 e. The van der Waals surface area contributed by atoms with Crippen LogP contribution in [0.5, 0.6) is 0 Å². The Labute approximate surface area is 164 Å². The SMILES string of the molecule is [N-]=[N+]=NCC(OCc1ccc(CCc2ccccc2)cc1)c1ccc(F)cc1. The Morgan fingerprint density at radius 1 is 0.821 bits per heavy atom. The summed E-state index contributed by atoms with van der Waals surface area (Å²) in [6.45, 7) is 0.555. The fourth-order valence-corrected chi connectivity index (χ4v) is 2.97. The first-order valence-electron chi connectivity index (χ1n) is 9.24. The molecule has 0 bridgehead atoms. The highest BCUT2D eigenvalue weighted by Crippen LogP contribution is 2.21. The van der Waals surface area contributed by atoms with E-state index in [4.69, 9.17) is 10.3 Å². The van der Waals surface area contributed by atoms with Crippen molar-refractivity contribution in [2.24, 2.45) is 5.11 Å². The van der Waals surface area contributed by atoms with Gasteiger partial charge in [0, 0.05) is 4.91 Å². The fourth-order valence-electron chi connectivity index (χ4n) is 2.97. The molecule has 1 unspecified atom stereocenters. The molecule has 0 aliphatic rings. The summed E-state index contributed by atoms with van der Waals surface area (Å²) >= 11 is 0. The molecule has 0 aliphatic carbocycles. The number of ether oxygens (including phenoxy) is 1. The molecule has 0 spiro atoms. The molecule has 3 rings (SSSR count). The Balaban J connectivity index is 1.57. The predicted molar refractivity (Wildman–Crippen MR) is 108 cm³/mol. The summed E-state index contributed by atoms with van der Waals surface area (Å²) in [5.74, 6) is -0.308. The molecule has 0 fully saturated rings. The van der Waals surface area contributed by atoms with Crippen molar-refractivity contribution in [1.29, 1.82) is 0 Å². The van der Waals surface area contributed by atoms with Crippen LogP contribution in [0, 0.1) is 5.82 Å². The normalized spacial score (nSPS) is 11.6. The lowest BCUT2D eigenvalue weighted by molar-refractivity contribution is 0.0457. The minimum atomic E-state index is -0.408. The summed E-state index contributed by atoms with van der Waals surface area (Å²) in [7, 11) is 0. The Hall–Kier alpha value is -3.14. The minimum absolute atomic E-state index is 0.164. The van der Waals surface area contributed by atoms with Gasteiger partial charge in [-0.25, -0.2) is 4.39 Å². The second-order valence-electron chi connectivity index (χ2n) is 6.57. The average Bonchev–Trinajstić information content (AvgIpc) is 2.75. The lowest BCUT2D eigenvalue weighted by atomic mass is 10.0. The van der Waals surface area contributed by atoms with E-state index in [1.54, 1.807) is 12.1 Å². The monoisotopic (exact) mass is 375 g/mol. The summed E-state index contributed by atoms with van der Waals surface area (Å²) < 4.78 is 19.1. The molecule has 28 heavy (non-hydrogen) atoms. The van der Waals surface area contributed by atoms with Crippen LogP contribution in [0.3, 0.4) is 0 Å². The van der Waals surface area contributed by atoms with Crippen LogP contribution in [0.15, 0.2) is 84.0 Å². The van der Waals surface area contributed by atoms with Gasteiger partial charge in [-0.05, 0) is 52.8 Å². The highest BCUT2D eigenvalue weighted by atomic mass is 19.1. The first kappa shape index (κ1) is 19.6. The quantitative estimate of drug-likeness (QED) is 0.250. The van der Waals surface area contributed by atoms with Gasteiger partial charge in [-0.15, -0.1) is 0 Å². The van der Waals surface area contributed by atoms with E-state index in [9.17, 15) is 4.39 Å². The second-order valence-corrected chi connectivity index (χ2v) is 6.57. The third kappa shape index (κ3) is 5.95. The van der Waals surface area contributed by atoms with Crippen molar-refractivity contribution in [3.05, 3.63) is 117 Å². The molecule has 0 N–H and O–H groups in total. The Kier molecular flexibility index (Phi) is 7.19. The maximum atomic E-state index is 13.1. The minimum Gasteiger partial charge on any atom is -0.369 e. The molecular formula is C23H22FN3O. The molecular weight excluding hydrogens is 353 g/mol. The van der Waals surface area contributed by atoms with Gasteiger partial charge in [0.05, 0.1) is 19.3 Å². The molecule has 0 aliphatic heterocycles. The van der Waals surface area contributed by atoms with Gasteiger partial charge in [-0.1, -0.05) is 71.8 Å². The molecule has 5 heteroatoms. The van der Waals surface area contributed by atoms with E-state index in [1.807, 2.05) is 6.07 Å². The van der Waals surface area contributed by atoms with Gasteiger partial charge in [-0.3, -0.25) is 0 Å². The summed E-state index contributed by atoms with van der Waals surface area (Å²) in [4.78, 5) is 2.80. The largest absolute Gasteiger partial charge is 0.369 e. The van der Waals surface area contributed by atoms with Crippen molar-refractivity contribution in [1.82, 2.24) is 0 Å². The molecule has 1 atom stereocenters. The van der Waals surface area contributed by atoms with Crippen LogP contribution >= 0.6 is 0 Å². The smallest absolute Gasteiger partial charge is 0.123 e. The van der Waals surface area contributed by atoms with E-state index < -0.39 is 6.10 Å². The van der Waals surface area contributed by atoms with Crippen LogP contribution < -0.4 is 0 Å². The summed E-state index contributed by atoms with van der Waals surface area (Å²) in [5.41, 5.74) is 13.0. The van der Waals surface area contributed by atoms with Gasteiger partial charge in [-0.2, -0.15) is 0 Å². The Morgan fingerprint density at radius 2 is 1.43 bits per heavy atom. The van der Waals surface area contributed by atoms with Crippen LogP contribution in [0.2, 0.25) is 0 Å². The van der Waals surface area contributed by atoms with Crippen molar-refractivity contribution in [2.75, 3.05) is 6.54 Å². The van der Waals surface area contributed by atoms with Crippen molar-refractivity contribution in [2.45, 2.75) is 25.6 Å². The molecule has 0 saturated heterocycles. The number of azide groups is 1. The van der Waals surface area contributed by atoms with Crippen molar-refractivity contribution in [3.63, 3.8) is 0 Å². The zero-order chi connectivity index (χ0) is 19.6. The number of benzene rings is 3. The van der Waals surface area contributed by atoms with Crippen molar-refractivity contribution in [3.8, 4) is 0 Å². The number of hydrogen-bond acceptors (Lipinski definition) is 2. The average molecular weight is 375 g/mol. The number of nitrogens with zero attached hydrogens (tertiary/aromatic N) is 3. The maximum absolute atomic E-state index is 13.1. The zero-order valence-corrected chi connectivity index (χ0v) is 15.5. The fraction of sp³-hybridized carbons (Fsp3) is 0.217. The summed E-state index contributed by atoms with van der Waals surface area (Å²) in [6.07, 6.45) is 1.59. The van der Waals surface area contributed by atoms with Gasteiger partial charge in [0.2, 0.25) is 0 Å². The molecule has 4 nitrogen and oxygen atoms in total. The molecule has 0 saturated carbocycles. The molecule has 0 aromatic heterocycles. The zero-order valence-electron chi connectivity index (χ0n) is 15.5. The molecule has 3 aromatic carbocycles. The molecule has 0 heterocycles. The Bertz CT molecular complexity index is 905. The molecule has 0 radical (unpaired) electrons. The van der Waals surface area contributed by atoms with Crippen LogP contribution in [0.4, 0.5) is 4.39 Å². The van der Waals surface area contributed by atoms with Gasteiger partial charge < -0.3 is 4.74 Å². The van der Waals surface area contributed by atoms with E-state index in [0.717, 1.165) is 24.0 Å². The highest BCUT2D eigenvalue weighted by Gasteiger charge is 2.12. The van der Waals surface area contributed by atoms with E-state index in [2.05, 4.69) is 58.6 Å². The molecule has 142 valence electrons. The van der Waals surface area contributed by atoms with E-state index in [1.165, 1.54) is 23.3 Å². The van der Waals surface area contributed by atoms with Gasteiger partial charge in [0.15, 0.2) is 0 Å². The molecule has 3 aromatic rings. The molecule has 0 amide bonds. The summed E-state index contributed by atoms with van der Waals surface area (Å²) in [6, 6.07) is 24.8. The van der Waals surface area contributed by atoms with E-state index in [-0.39, 0.29) is 12.4 Å². The van der Waals surface area contributed by atoms with Crippen molar-refractivity contribution < 1.29 is 9.13 Å². The van der Waals surface area contributed by atoms with Gasteiger partial charge in [0.1, 0.15) is 5.82 Å². The number of aryl methyl sites for hydroxylation is 2. The first-order valence-corrected chi connectivity index (χ1v) is 9.24. The first-order chi connectivity index (χ1) is 13.7. The number of rotatable bonds is 9. The van der Waals surface area contributed by atoms with Crippen molar-refractivity contribution >= 4 is 0 Å². The second kappa shape index (κ2) is 10.3.